The summed E-state index contributed by atoms with van der Waals surface area (Å²) in [6, 6.07) is 10.3. The van der Waals surface area contributed by atoms with E-state index in [-0.39, 0.29) is 6.61 Å². The smallest absolute Gasteiger partial charge is 0.111 e. The average molecular weight is 245 g/mol. The van der Waals surface area contributed by atoms with Crippen molar-refractivity contribution >= 4 is 0 Å². The summed E-state index contributed by atoms with van der Waals surface area (Å²) in [4.78, 5) is 0. The van der Waals surface area contributed by atoms with Crippen LogP contribution in [0, 0.1) is 0 Å². The summed E-state index contributed by atoms with van der Waals surface area (Å²) in [6.45, 7) is 2.94. The molecule has 0 spiro atoms. The molecule has 1 heterocycles. The minimum Gasteiger partial charge on any atom is -0.390 e. The van der Waals surface area contributed by atoms with Gasteiger partial charge in [0.05, 0.1) is 12.3 Å². The van der Waals surface area contributed by atoms with Gasteiger partial charge in [0.25, 0.3) is 0 Å². The molecular weight excluding hydrogens is 226 g/mol. The molecule has 1 aromatic heterocycles. The van der Waals surface area contributed by atoms with Crippen LogP contribution in [0.15, 0.2) is 30.3 Å². The van der Waals surface area contributed by atoms with Gasteiger partial charge in [-0.2, -0.15) is 0 Å². The lowest BCUT2D eigenvalue weighted by Crippen LogP contribution is -2.07. The fourth-order valence-corrected chi connectivity index (χ4v) is 2.06. The minimum atomic E-state index is -0.0339. The van der Waals surface area contributed by atoms with Crippen molar-refractivity contribution < 1.29 is 5.11 Å². The van der Waals surface area contributed by atoms with Gasteiger partial charge in [0.1, 0.15) is 5.69 Å². The van der Waals surface area contributed by atoms with Crippen molar-refractivity contribution in [1.29, 1.82) is 0 Å². The van der Waals surface area contributed by atoms with Crippen molar-refractivity contribution in [3.8, 4) is 0 Å². The number of hydrogen-bond donors (Lipinski definition) is 1. The number of aryl methyl sites for hydroxylation is 2. The number of nitrogens with zero attached hydrogens (tertiary/aromatic N) is 3. The van der Waals surface area contributed by atoms with Crippen molar-refractivity contribution in [1.82, 2.24) is 15.0 Å². The summed E-state index contributed by atoms with van der Waals surface area (Å²) in [6.07, 6.45) is 2.84. The summed E-state index contributed by atoms with van der Waals surface area (Å²) in [5, 5.41) is 17.4. The molecule has 0 saturated heterocycles. The second-order valence-electron chi connectivity index (χ2n) is 4.35. The van der Waals surface area contributed by atoms with Crippen LogP contribution in [-0.2, 0) is 26.0 Å². The lowest BCUT2D eigenvalue weighted by atomic mass is 10.1. The first-order chi connectivity index (χ1) is 8.85. The molecule has 4 nitrogen and oxygen atoms in total. The van der Waals surface area contributed by atoms with Crippen LogP contribution in [0.1, 0.15) is 30.3 Å². The minimum absolute atomic E-state index is 0.0339. The molecule has 1 aromatic carbocycles. The Hall–Kier alpha value is -1.68. The van der Waals surface area contributed by atoms with Gasteiger partial charge in [-0.3, -0.25) is 0 Å². The normalized spacial score (nSPS) is 10.8. The van der Waals surface area contributed by atoms with Crippen molar-refractivity contribution in [2.45, 2.75) is 39.3 Å². The molecule has 2 aromatic rings. The van der Waals surface area contributed by atoms with Gasteiger partial charge in [-0.05, 0) is 24.8 Å². The van der Waals surface area contributed by atoms with Crippen LogP contribution >= 0.6 is 0 Å². The van der Waals surface area contributed by atoms with E-state index in [1.165, 1.54) is 5.56 Å². The van der Waals surface area contributed by atoms with Crippen LogP contribution in [0.5, 0.6) is 0 Å². The SMILES string of the molecule is CCCn1nnc(CO)c1CCc1ccccc1. The topological polar surface area (TPSA) is 50.9 Å². The van der Waals surface area contributed by atoms with E-state index in [4.69, 9.17) is 0 Å². The number of rotatable bonds is 6. The number of aromatic nitrogens is 3. The largest absolute Gasteiger partial charge is 0.390 e. The second kappa shape index (κ2) is 6.31. The molecule has 0 aliphatic carbocycles. The fourth-order valence-electron chi connectivity index (χ4n) is 2.06. The molecule has 0 bridgehead atoms. The van der Waals surface area contributed by atoms with Gasteiger partial charge in [0.2, 0.25) is 0 Å². The van der Waals surface area contributed by atoms with Gasteiger partial charge in [0, 0.05) is 6.54 Å². The average Bonchev–Trinajstić information content (AvgIpc) is 2.80. The quantitative estimate of drug-likeness (QED) is 0.846. The Balaban J connectivity index is 2.10. The maximum absolute atomic E-state index is 9.28. The zero-order valence-electron chi connectivity index (χ0n) is 10.7. The highest BCUT2D eigenvalue weighted by Gasteiger charge is 2.11. The molecule has 0 aliphatic heterocycles. The third-order valence-corrected chi connectivity index (χ3v) is 3.00. The Morgan fingerprint density at radius 2 is 1.94 bits per heavy atom. The molecule has 0 saturated carbocycles. The molecule has 1 N–H and O–H groups in total. The van der Waals surface area contributed by atoms with Crippen molar-refractivity contribution in [3.05, 3.63) is 47.3 Å². The second-order valence-corrected chi connectivity index (χ2v) is 4.35. The standard InChI is InChI=1S/C14H19N3O/c1-2-10-17-14(13(11-18)15-16-17)9-8-12-6-4-3-5-7-12/h3-7,18H,2,8-11H2,1H3. The van der Waals surface area contributed by atoms with E-state index in [1.807, 2.05) is 22.9 Å². The van der Waals surface area contributed by atoms with E-state index >= 15 is 0 Å². The van der Waals surface area contributed by atoms with Crippen LogP contribution in [0.2, 0.25) is 0 Å². The third kappa shape index (κ3) is 2.96. The molecule has 0 unspecified atom stereocenters. The summed E-state index contributed by atoms with van der Waals surface area (Å²) in [7, 11) is 0. The first-order valence-electron chi connectivity index (χ1n) is 6.41. The van der Waals surface area contributed by atoms with Gasteiger partial charge in [-0.15, -0.1) is 5.10 Å². The van der Waals surface area contributed by atoms with Crippen LogP contribution < -0.4 is 0 Å². The highest BCUT2D eigenvalue weighted by Crippen LogP contribution is 2.11. The van der Waals surface area contributed by atoms with Gasteiger partial charge in [0.15, 0.2) is 0 Å². The van der Waals surface area contributed by atoms with Crippen LogP contribution in [0.3, 0.4) is 0 Å². The number of aliphatic hydroxyl groups excluding tert-OH is 1. The van der Waals surface area contributed by atoms with Crippen LogP contribution in [-0.4, -0.2) is 20.1 Å². The molecule has 96 valence electrons. The predicted molar refractivity (Wildman–Crippen MR) is 70.1 cm³/mol. The summed E-state index contributed by atoms with van der Waals surface area (Å²) < 4.78 is 1.91. The van der Waals surface area contributed by atoms with Crippen molar-refractivity contribution in [3.63, 3.8) is 0 Å². The molecule has 0 fully saturated rings. The zero-order chi connectivity index (χ0) is 12.8. The zero-order valence-corrected chi connectivity index (χ0v) is 10.7. The first-order valence-corrected chi connectivity index (χ1v) is 6.41. The first kappa shape index (κ1) is 12.8. The molecule has 0 amide bonds. The Morgan fingerprint density at radius 1 is 1.17 bits per heavy atom. The Kier molecular flexibility index (Phi) is 4.47. The monoisotopic (exact) mass is 245 g/mol. The number of hydrogen-bond acceptors (Lipinski definition) is 3. The van der Waals surface area contributed by atoms with Crippen molar-refractivity contribution in [2.24, 2.45) is 0 Å². The van der Waals surface area contributed by atoms with Gasteiger partial charge >= 0.3 is 0 Å². The van der Waals surface area contributed by atoms with Gasteiger partial charge in [-0.25, -0.2) is 4.68 Å². The van der Waals surface area contributed by atoms with E-state index in [2.05, 4.69) is 29.4 Å². The summed E-state index contributed by atoms with van der Waals surface area (Å²) in [5.74, 6) is 0. The molecule has 0 aliphatic rings. The summed E-state index contributed by atoms with van der Waals surface area (Å²) >= 11 is 0. The van der Waals surface area contributed by atoms with E-state index in [0.717, 1.165) is 31.5 Å². The third-order valence-electron chi connectivity index (χ3n) is 3.00. The predicted octanol–water partition coefficient (Wildman–Crippen LogP) is 1.97. The van der Waals surface area contributed by atoms with Gasteiger partial charge in [-0.1, -0.05) is 42.5 Å². The van der Waals surface area contributed by atoms with E-state index < -0.39 is 0 Å². The number of aliphatic hydroxyl groups is 1. The molecule has 4 heteroatoms. The lowest BCUT2D eigenvalue weighted by molar-refractivity contribution is 0.275. The molecular formula is C14H19N3O. The van der Waals surface area contributed by atoms with E-state index in [9.17, 15) is 5.11 Å². The van der Waals surface area contributed by atoms with E-state index in [1.54, 1.807) is 0 Å². The highest BCUT2D eigenvalue weighted by atomic mass is 16.3. The lowest BCUT2D eigenvalue weighted by Gasteiger charge is -2.06. The maximum atomic E-state index is 9.28. The molecule has 0 atom stereocenters. The Bertz CT molecular complexity index is 479. The fraction of sp³-hybridized carbons (Fsp3) is 0.429. The van der Waals surface area contributed by atoms with Crippen molar-refractivity contribution in [2.75, 3.05) is 0 Å². The number of benzene rings is 1. The molecule has 0 radical (unpaired) electrons. The van der Waals surface area contributed by atoms with Crippen LogP contribution in [0.25, 0.3) is 0 Å². The Labute approximate surface area is 107 Å². The van der Waals surface area contributed by atoms with Crippen LogP contribution in [0.4, 0.5) is 0 Å². The maximum Gasteiger partial charge on any atom is 0.111 e. The van der Waals surface area contributed by atoms with E-state index in [0.29, 0.717) is 5.69 Å². The van der Waals surface area contributed by atoms with Gasteiger partial charge < -0.3 is 5.11 Å². The molecule has 2 rings (SSSR count). The molecule has 18 heavy (non-hydrogen) atoms. The highest BCUT2D eigenvalue weighted by molar-refractivity contribution is 5.18. The Morgan fingerprint density at radius 3 is 2.61 bits per heavy atom. The summed E-state index contributed by atoms with van der Waals surface area (Å²) in [5.41, 5.74) is 3.06.